The monoisotopic (exact) mass is 252 g/mol. The second-order valence-corrected chi connectivity index (χ2v) is 4.13. The van der Waals surface area contributed by atoms with E-state index in [2.05, 4.69) is 5.10 Å². The van der Waals surface area contributed by atoms with Crippen molar-refractivity contribution in [1.29, 1.82) is 0 Å². The highest BCUT2D eigenvalue weighted by molar-refractivity contribution is 5.19. The molecule has 1 N–H and O–H groups in total. The van der Waals surface area contributed by atoms with Crippen molar-refractivity contribution < 1.29 is 13.9 Å². The molecule has 1 heterocycles. The van der Waals surface area contributed by atoms with Crippen molar-refractivity contribution in [2.24, 2.45) is 0 Å². The average molecular weight is 252 g/mol. The number of nitrogens with zero attached hydrogens (tertiary/aromatic N) is 2. The van der Waals surface area contributed by atoms with E-state index in [0.29, 0.717) is 17.5 Å². The maximum absolute atomic E-state index is 13.4. The van der Waals surface area contributed by atoms with Gasteiger partial charge in [-0.3, -0.25) is 4.68 Å². The smallest absolute Gasteiger partial charge is 0.131 e. The fourth-order valence-electron chi connectivity index (χ4n) is 1.70. The first-order valence-electron chi connectivity index (χ1n) is 5.74. The lowest BCUT2D eigenvalue weighted by atomic mass is 10.1. The van der Waals surface area contributed by atoms with E-state index < -0.39 is 17.7 Å². The number of aromatic nitrogens is 2. The zero-order valence-electron chi connectivity index (χ0n) is 9.98. The van der Waals surface area contributed by atoms with Crippen molar-refractivity contribution in [2.75, 3.05) is 0 Å². The second kappa shape index (κ2) is 5.27. The molecule has 2 rings (SSSR count). The summed E-state index contributed by atoms with van der Waals surface area (Å²) in [7, 11) is 0. The molecule has 0 amide bonds. The van der Waals surface area contributed by atoms with E-state index in [0.717, 1.165) is 6.07 Å². The van der Waals surface area contributed by atoms with Gasteiger partial charge in [-0.15, -0.1) is 0 Å². The average Bonchev–Trinajstić information content (AvgIpc) is 2.80. The minimum atomic E-state index is -0.598. The predicted molar refractivity (Wildman–Crippen MR) is 62.9 cm³/mol. The Labute approximate surface area is 104 Å². The minimum Gasteiger partial charge on any atom is -0.388 e. The second-order valence-electron chi connectivity index (χ2n) is 4.13. The van der Waals surface area contributed by atoms with E-state index in [1.807, 2.05) is 6.92 Å². The standard InChI is InChI=1S/C13H14F2N2O/c1-2-13(18)10-6-16-17(8-10)7-9-3-4-11(14)5-12(9)15/h3-6,8,13,18H,2,7H2,1H3. The Morgan fingerprint density at radius 3 is 2.83 bits per heavy atom. The SMILES string of the molecule is CCC(O)c1cnn(Cc2ccc(F)cc2F)c1. The molecule has 0 saturated heterocycles. The fourth-order valence-corrected chi connectivity index (χ4v) is 1.70. The van der Waals surface area contributed by atoms with Gasteiger partial charge in [-0.2, -0.15) is 5.10 Å². The molecule has 0 saturated carbocycles. The fraction of sp³-hybridized carbons (Fsp3) is 0.308. The van der Waals surface area contributed by atoms with Crippen molar-refractivity contribution in [1.82, 2.24) is 9.78 Å². The van der Waals surface area contributed by atoms with Gasteiger partial charge in [-0.1, -0.05) is 13.0 Å². The summed E-state index contributed by atoms with van der Waals surface area (Å²) >= 11 is 0. The summed E-state index contributed by atoms with van der Waals surface area (Å²) in [5.74, 6) is -1.19. The van der Waals surface area contributed by atoms with Gasteiger partial charge < -0.3 is 5.11 Å². The first kappa shape index (κ1) is 12.7. The summed E-state index contributed by atoms with van der Waals surface area (Å²) in [5, 5.41) is 13.7. The Hall–Kier alpha value is -1.75. The van der Waals surface area contributed by atoms with Crippen LogP contribution in [0.15, 0.2) is 30.6 Å². The zero-order valence-corrected chi connectivity index (χ0v) is 9.98. The molecule has 0 fully saturated rings. The largest absolute Gasteiger partial charge is 0.388 e. The molecule has 1 aromatic carbocycles. The van der Waals surface area contributed by atoms with Crippen molar-refractivity contribution >= 4 is 0 Å². The lowest BCUT2D eigenvalue weighted by Crippen LogP contribution is -2.03. The Balaban J connectivity index is 2.16. The van der Waals surface area contributed by atoms with Gasteiger partial charge in [0.1, 0.15) is 11.6 Å². The molecule has 18 heavy (non-hydrogen) atoms. The number of aliphatic hydroxyl groups is 1. The highest BCUT2D eigenvalue weighted by Gasteiger charge is 2.09. The number of halogens is 2. The van der Waals surface area contributed by atoms with E-state index in [-0.39, 0.29) is 6.54 Å². The topological polar surface area (TPSA) is 38.1 Å². The third-order valence-electron chi connectivity index (χ3n) is 2.77. The summed E-state index contributed by atoms with van der Waals surface area (Å²) in [6.45, 7) is 2.07. The normalized spacial score (nSPS) is 12.7. The first-order chi connectivity index (χ1) is 8.60. The van der Waals surface area contributed by atoms with Crippen LogP contribution in [0.2, 0.25) is 0 Å². The molecular formula is C13H14F2N2O. The molecule has 1 unspecified atom stereocenters. The number of benzene rings is 1. The molecule has 3 nitrogen and oxygen atoms in total. The van der Waals surface area contributed by atoms with E-state index in [1.165, 1.54) is 16.8 Å². The van der Waals surface area contributed by atoms with Gasteiger partial charge in [0.25, 0.3) is 0 Å². The molecule has 2 aromatic rings. The quantitative estimate of drug-likeness (QED) is 0.908. The molecule has 0 aliphatic heterocycles. The van der Waals surface area contributed by atoms with Crippen LogP contribution in [0.1, 0.15) is 30.6 Å². The van der Waals surface area contributed by atoms with Crippen molar-refractivity contribution in [3.8, 4) is 0 Å². The number of rotatable bonds is 4. The Morgan fingerprint density at radius 1 is 1.39 bits per heavy atom. The van der Waals surface area contributed by atoms with Crippen LogP contribution >= 0.6 is 0 Å². The van der Waals surface area contributed by atoms with Crippen LogP contribution in [0.25, 0.3) is 0 Å². The highest BCUT2D eigenvalue weighted by atomic mass is 19.1. The van der Waals surface area contributed by atoms with Gasteiger partial charge in [0, 0.05) is 23.4 Å². The molecule has 0 aliphatic carbocycles. The van der Waals surface area contributed by atoms with E-state index >= 15 is 0 Å². The van der Waals surface area contributed by atoms with Gasteiger partial charge in [0.2, 0.25) is 0 Å². The molecule has 1 atom stereocenters. The summed E-state index contributed by atoms with van der Waals surface area (Å²) in [5.41, 5.74) is 1.05. The molecule has 0 bridgehead atoms. The molecule has 5 heteroatoms. The summed E-state index contributed by atoms with van der Waals surface area (Å²) in [6, 6.07) is 3.45. The van der Waals surface area contributed by atoms with Crippen LogP contribution < -0.4 is 0 Å². The third-order valence-corrected chi connectivity index (χ3v) is 2.77. The summed E-state index contributed by atoms with van der Waals surface area (Å²) in [4.78, 5) is 0. The first-order valence-corrected chi connectivity index (χ1v) is 5.74. The number of aliphatic hydroxyl groups excluding tert-OH is 1. The van der Waals surface area contributed by atoms with E-state index in [4.69, 9.17) is 0 Å². The van der Waals surface area contributed by atoms with Gasteiger partial charge in [-0.05, 0) is 12.5 Å². The number of hydrogen-bond donors (Lipinski definition) is 1. The van der Waals surface area contributed by atoms with E-state index in [1.54, 1.807) is 12.4 Å². The predicted octanol–water partition coefficient (Wildman–Crippen LogP) is 2.65. The van der Waals surface area contributed by atoms with Gasteiger partial charge in [0.05, 0.1) is 18.8 Å². The van der Waals surface area contributed by atoms with Crippen LogP contribution in [0, 0.1) is 11.6 Å². The van der Waals surface area contributed by atoms with Crippen LogP contribution in [0.4, 0.5) is 8.78 Å². The molecular weight excluding hydrogens is 238 g/mol. The molecule has 0 aliphatic rings. The Morgan fingerprint density at radius 2 is 2.17 bits per heavy atom. The maximum Gasteiger partial charge on any atom is 0.131 e. The van der Waals surface area contributed by atoms with Gasteiger partial charge >= 0.3 is 0 Å². The number of hydrogen-bond acceptors (Lipinski definition) is 2. The Kier molecular flexibility index (Phi) is 3.72. The highest BCUT2D eigenvalue weighted by Crippen LogP contribution is 2.16. The molecule has 0 radical (unpaired) electrons. The minimum absolute atomic E-state index is 0.211. The van der Waals surface area contributed by atoms with Gasteiger partial charge in [0.15, 0.2) is 0 Å². The zero-order chi connectivity index (χ0) is 13.1. The molecule has 0 spiro atoms. The van der Waals surface area contributed by atoms with Crippen LogP contribution in [-0.4, -0.2) is 14.9 Å². The molecule has 96 valence electrons. The summed E-state index contributed by atoms with van der Waals surface area (Å²) in [6.07, 6.45) is 3.25. The van der Waals surface area contributed by atoms with Crippen molar-refractivity contribution in [2.45, 2.75) is 26.0 Å². The van der Waals surface area contributed by atoms with Crippen molar-refractivity contribution in [3.05, 3.63) is 53.4 Å². The lowest BCUT2D eigenvalue weighted by Gasteiger charge is -2.04. The van der Waals surface area contributed by atoms with Gasteiger partial charge in [-0.25, -0.2) is 8.78 Å². The van der Waals surface area contributed by atoms with Crippen LogP contribution in [0.3, 0.4) is 0 Å². The van der Waals surface area contributed by atoms with Crippen LogP contribution in [0.5, 0.6) is 0 Å². The lowest BCUT2D eigenvalue weighted by molar-refractivity contribution is 0.173. The summed E-state index contributed by atoms with van der Waals surface area (Å²) < 4.78 is 27.7. The maximum atomic E-state index is 13.4. The van der Waals surface area contributed by atoms with E-state index in [9.17, 15) is 13.9 Å². The van der Waals surface area contributed by atoms with Crippen LogP contribution in [-0.2, 0) is 6.54 Å². The molecule has 1 aromatic heterocycles. The van der Waals surface area contributed by atoms with Crippen molar-refractivity contribution in [3.63, 3.8) is 0 Å². The third kappa shape index (κ3) is 2.73. The Bertz CT molecular complexity index is 540.